The van der Waals surface area contributed by atoms with Crippen LogP contribution in [0.4, 0.5) is 0 Å². The molecule has 7 heteroatoms. The van der Waals surface area contributed by atoms with Crippen LogP contribution in [0.15, 0.2) is 28.3 Å². The Morgan fingerprint density at radius 1 is 1.58 bits per heavy atom. The van der Waals surface area contributed by atoms with E-state index in [2.05, 4.69) is 11.6 Å². The van der Waals surface area contributed by atoms with Crippen molar-refractivity contribution in [3.05, 3.63) is 45.3 Å². The van der Waals surface area contributed by atoms with E-state index in [1.807, 2.05) is 0 Å². The number of aliphatic hydroxyl groups is 2. The lowest BCUT2D eigenvalue weighted by molar-refractivity contribution is -0.0542. The zero-order valence-corrected chi connectivity index (χ0v) is 10.3. The number of aromatic amines is 1. The molecule has 0 saturated carbocycles. The molecule has 104 valence electrons. The number of allylic oxidation sites excluding steroid dienone is 1. The van der Waals surface area contributed by atoms with E-state index in [9.17, 15) is 14.7 Å². The minimum Gasteiger partial charge on any atom is -0.394 e. The van der Waals surface area contributed by atoms with E-state index in [0.29, 0.717) is 12.1 Å². The number of aliphatic hydroxyl groups excluding tert-OH is 2. The summed E-state index contributed by atoms with van der Waals surface area (Å²) < 4.78 is 6.62. The second-order valence-corrected chi connectivity index (χ2v) is 4.43. The van der Waals surface area contributed by atoms with Crippen LogP contribution in [0.5, 0.6) is 0 Å². The third kappa shape index (κ3) is 2.67. The van der Waals surface area contributed by atoms with Gasteiger partial charge >= 0.3 is 5.69 Å². The van der Waals surface area contributed by atoms with Gasteiger partial charge in [-0.2, -0.15) is 0 Å². The molecular weight excluding hydrogens is 252 g/mol. The molecule has 2 rings (SSSR count). The van der Waals surface area contributed by atoms with Gasteiger partial charge in [0, 0.05) is 24.6 Å². The third-order valence-corrected chi connectivity index (χ3v) is 3.03. The van der Waals surface area contributed by atoms with Crippen molar-refractivity contribution >= 4 is 0 Å². The molecule has 1 aliphatic heterocycles. The molecule has 1 fully saturated rings. The van der Waals surface area contributed by atoms with E-state index in [0.717, 1.165) is 0 Å². The highest BCUT2D eigenvalue weighted by Crippen LogP contribution is 2.28. The number of aromatic nitrogens is 2. The molecule has 0 aliphatic carbocycles. The molecule has 0 unspecified atom stereocenters. The summed E-state index contributed by atoms with van der Waals surface area (Å²) in [6, 6.07) is 1.27. The quantitative estimate of drug-likeness (QED) is 0.602. The first-order valence-electron chi connectivity index (χ1n) is 5.96. The maximum atomic E-state index is 11.9. The predicted molar refractivity (Wildman–Crippen MR) is 66.8 cm³/mol. The van der Waals surface area contributed by atoms with Crippen molar-refractivity contribution < 1.29 is 14.9 Å². The van der Waals surface area contributed by atoms with Crippen LogP contribution in [0.25, 0.3) is 0 Å². The van der Waals surface area contributed by atoms with Gasteiger partial charge in [0.05, 0.1) is 12.7 Å². The molecule has 0 bridgehead atoms. The molecular formula is C12H16N2O5. The lowest BCUT2D eigenvalue weighted by Gasteiger charge is -2.20. The van der Waals surface area contributed by atoms with Crippen LogP contribution in [0.3, 0.4) is 0 Å². The van der Waals surface area contributed by atoms with Crippen molar-refractivity contribution in [1.82, 2.24) is 9.55 Å². The van der Waals surface area contributed by atoms with Crippen molar-refractivity contribution in [2.45, 2.75) is 31.3 Å². The van der Waals surface area contributed by atoms with E-state index in [4.69, 9.17) is 9.84 Å². The Morgan fingerprint density at radius 3 is 2.89 bits per heavy atom. The van der Waals surface area contributed by atoms with Crippen molar-refractivity contribution in [3.63, 3.8) is 0 Å². The third-order valence-electron chi connectivity index (χ3n) is 3.03. The standard InChI is InChI=1S/C12H16N2O5/c1-2-3-7-4-10(17)13-12(18)14(7)11-9(16)5-8(6-15)19-11/h2,4,8-9,11,15-16H,1,3,5-6H2,(H,13,17,18)/t8-,9+,11+/m0/s1. The molecule has 1 saturated heterocycles. The first-order valence-corrected chi connectivity index (χ1v) is 5.96. The van der Waals surface area contributed by atoms with Crippen LogP contribution in [-0.4, -0.2) is 38.6 Å². The summed E-state index contributed by atoms with van der Waals surface area (Å²) in [5.74, 6) is 0. The lowest BCUT2D eigenvalue weighted by Crippen LogP contribution is -2.37. The van der Waals surface area contributed by atoms with Gasteiger partial charge in [-0.05, 0) is 0 Å². The van der Waals surface area contributed by atoms with Crippen molar-refractivity contribution in [3.8, 4) is 0 Å². The molecule has 0 amide bonds. The number of nitrogens with zero attached hydrogens (tertiary/aromatic N) is 1. The van der Waals surface area contributed by atoms with Gasteiger partial charge in [0.2, 0.25) is 0 Å². The first-order chi connectivity index (χ1) is 9.06. The minimum atomic E-state index is -0.913. The smallest absolute Gasteiger partial charge is 0.330 e. The molecule has 0 spiro atoms. The normalized spacial score (nSPS) is 26.5. The molecule has 1 aliphatic rings. The van der Waals surface area contributed by atoms with Gasteiger partial charge in [-0.3, -0.25) is 14.3 Å². The second-order valence-electron chi connectivity index (χ2n) is 4.43. The molecule has 7 nitrogen and oxygen atoms in total. The fraction of sp³-hybridized carbons (Fsp3) is 0.500. The number of rotatable bonds is 4. The van der Waals surface area contributed by atoms with E-state index < -0.39 is 29.7 Å². The highest BCUT2D eigenvalue weighted by Gasteiger charge is 2.36. The number of nitrogens with one attached hydrogen (secondary N) is 1. The van der Waals surface area contributed by atoms with E-state index in [-0.39, 0.29) is 13.0 Å². The Morgan fingerprint density at radius 2 is 2.32 bits per heavy atom. The molecule has 3 N–H and O–H groups in total. The fourth-order valence-corrected chi connectivity index (χ4v) is 2.22. The van der Waals surface area contributed by atoms with Crippen LogP contribution in [-0.2, 0) is 11.2 Å². The van der Waals surface area contributed by atoms with Gasteiger partial charge < -0.3 is 14.9 Å². The molecule has 3 atom stereocenters. The Bertz CT molecular complexity index is 576. The van der Waals surface area contributed by atoms with E-state index in [1.165, 1.54) is 10.6 Å². The Hall–Kier alpha value is -1.70. The molecule has 2 heterocycles. The highest BCUT2D eigenvalue weighted by molar-refractivity contribution is 5.07. The SMILES string of the molecule is C=CCc1cc(=O)[nH]c(=O)n1[C@@H]1O[C@H](CO)C[C@H]1O. The summed E-state index contributed by atoms with van der Waals surface area (Å²) in [4.78, 5) is 25.3. The Kier molecular flexibility index (Phi) is 3.98. The van der Waals surface area contributed by atoms with Gasteiger partial charge in [-0.15, -0.1) is 6.58 Å². The molecule has 1 aromatic rings. The summed E-state index contributed by atoms with van der Waals surface area (Å²) in [6.45, 7) is 3.33. The predicted octanol–water partition coefficient (Wildman–Crippen LogP) is -1.09. The van der Waals surface area contributed by atoms with Crippen LogP contribution in [0.1, 0.15) is 18.3 Å². The fourth-order valence-electron chi connectivity index (χ4n) is 2.22. The van der Waals surface area contributed by atoms with Gasteiger partial charge in [0.25, 0.3) is 5.56 Å². The topological polar surface area (TPSA) is 105 Å². The summed E-state index contributed by atoms with van der Waals surface area (Å²) in [6.07, 6.45) is -0.248. The largest absolute Gasteiger partial charge is 0.394 e. The van der Waals surface area contributed by atoms with E-state index in [1.54, 1.807) is 6.08 Å². The minimum absolute atomic E-state index is 0.234. The van der Waals surface area contributed by atoms with Crippen LogP contribution in [0, 0.1) is 0 Å². The number of H-pyrrole nitrogens is 1. The Balaban J connectivity index is 2.46. The molecule has 1 aromatic heterocycles. The van der Waals surface area contributed by atoms with Crippen LogP contribution >= 0.6 is 0 Å². The number of ether oxygens (including phenoxy) is 1. The van der Waals surface area contributed by atoms with Gasteiger partial charge in [0.15, 0.2) is 6.23 Å². The van der Waals surface area contributed by atoms with E-state index >= 15 is 0 Å². The van der Waals surface area contributed by atoms with Crippen molar-refractivity contribution in [1.29, 1.82) is 0 Å². The summed E-state index contributed by atoms with van der Waals surface area (Å²) in [7, 11) is 0. The lowest BCUT2D eigenvalue weighted by atomic mass is 10.2. The average molecular weight is 268 g/mol. The maximum Gasteiger partial charge on any atom is 0.330 e. The van der Waals surface area contributed by atoms with Gasteiger partial charge in [0.1, 0.15) is 6.10 Å². The molecule has 0 radical (unpaired) electrons. The summed E-state index contributed by atoms with van der Waals surface area (Å²) in [5.41, 5.74) is -0.748. The monoisotopic (exact) mass is 268 g/mol. The zero-order valence-electron chi connectivity index (χ0n) is 10.3. The first kappa shape index (κ1) is 13.7. The van der Waals surface area contributed by atoms with Gasteiger partial charge in [-0.25, -0.2) is 4.79 Å². The summed E-state index contributed by atoms with van der Waals surface area (Å²) in [5, 5.41) is 19.0. The van der Waals surface area contributed by atoms with Gasteiger partial charge in [-0.1, -0.05) is 6.08 Å². The molecule has 19 heavy (non-hydrogen) atoms. The maximum absolute atomic E-state index is 11.9. The average Bonchev–Trinajstić information content (AvgIpc) is 2.70. The highest BCUT2D eigenvalue weighted by atomic mass is 16.5. The van der Waals surface area contributed by atoms with Crippen molar-refractivity contribution in [2.24, 2.45) is 0 Å². The number of hydrogen-bond acceptors (Lipinski definition) is 5. The zero-order chi connectivity index (χ0) is 14.0. The number of hydrogen-bond donors (Lipinski definition) is 3. The van der Waals surface area contributed by atoms with Crippen LogP contribution in [0.2, 0.25) is 0 Å². The summed E-state index contributed by atoms with van der Waals surface area (Å²) >= 11 is 0. The Labute approximate surface area is 108 Å². The van der Waals surface area contributed by atoms with Crippen molar-refractivity contribution in [2.75, 3.05) is 6.61 Å². The van der Waals surface area contributed by atoms with Crippen LogP contribution < -0.4 is 11.2 Å². The molecule has 0 aromatic carbocycles. The second kappa shape index (κ2) is 5.52.